The molecule has 4 aromatic rings. The summed E-state index contributed by atoms with van der Waals surface area (Å²) in [6.45, 7) is 5.58. The van der Waals surface area contributed by atoms with Crippen LogP contribution in [-0.4, -0.2) is 39.5 Å². The van der Waals surface area contributed by atoms with Crippen LogP contribution < -0.4 is 15.0 Å². The van der Waals surface area contributed by atoms with Crippen molar-refractivity contribution in [3.05, 3.63) is 84.2 Å². The third-order valence-electron chi connectivity index (χ3n) is 6.34. The summed E-state index contributed by atoms with van der Waals surface area (Å²) in [6, 6.07) is 18.7. The second-order valence-corrected chi connectivity index (χ2v) is 9.38. The van der Waals surface area contributed by atoms with Gasteiger partial charge in [0.1, 0.15) is 29.7 Å². The summed E-state index contributed by atoms with van der Waals surface area (Å²) in [4.78, 5) is 29.1. The maximum Gasteiger partial charge on any atom is 0.249 e. The second-order valence-electron chi connectivity index (χ2n) is 9.38. The molecule has 192 valence electrons. The molecule has 1 atom stereocenters. The van der Waals surface area contributed by atoms with Crippen molar-refractivity contribution in [1.82, 2.24) is 20.3 Å². The van der Waals surface area contributed by atoms with Gasteiger partial charge in [-0.05, 0) is 68.3 Å². The summed E-state index contributed by atoms with van der Waals surface area (Å²) >= 11 is 0. The minimum Gasteiger partial charge on any atom is -0.497 e. The number of carbonyl (C=O) groups excluding carboxylic acids is 2. The smallest absolute Gasteiger partial charge is 0.249 e. The number of aromatic nitrogens is 3. The van der Waals surface area contributed by atoms with E-state index in [1.54, 1.807) is 43.5 Å². The summed E-state index contributed by atoms with van der Waals surface area (Å²) in [5.74, 6) is -0.761. The number of anilines is 1. The monoisotopic (exact) mass is 503 g/mol. The Morgan fingerprint density at radius 3 is 2.49 bits per heavy atom. The van der Waals surface area contributed by atoms with E-state index in [9.17, 15) is 14.0 Å². The number of benzene rings is 3. The summed E-state index contributed by atoms with van der Waals surface area (Å²) in [6.07, 6.45) is 0.674. The van der Waals surface area contributed by atoms with Crippen LogP contribution in [0.4, 0.5) is 10.1 Å². The number of fused-ring (bicyclic) bond motifs is 1. The van der Waals surface area contributed by atoms with Crippen LogP contribution in [0.5, 0.6) is 5.75 Å². The number of para-hydroxylation sites is 1. The van der Waals surface area contributed by atoms with Crippen LogP contribution in [0.2, 0.25) is 0 Å². The Hall–Kier alpha value is -4.27. The van der Waals surface area contributed by atoms with Crippen molar-refractivity contribution in [2.75, 3.05) is 12.0 Å². The lowest BCUT2D eigenvalue weighted by molar-refractivity contribution is -0.128. The van der Waals surface area contributed by atoms with Crippen LogP contribution in [0, 0.1) is 5.82 Å². The molecule has 0 aliphatic carbocycles. The van der Waals surface area contributed by atoms with Gasteiger partial charge in [-0.2, -0.15) is 0 Å². The predicted octanol–water partition coefficient (Wildman–Crippen LogP) is 4.66. The maximum absolute atomic E-state index is 14.4. The highest BCUT2D eigenvalue weighted by Crippen LogP contribution is 2.31. The molecule has 1 N–H and O–H groups in total. The molecular weight excluding hydrogens is 473 g/mol. The lowest BCUT2D eigenvalue weighted by Crippen LogP contribution is -2.51. The average molecular weight is 504 g/mol. The first-order chi connectivity index (χ1) is 17.7. The molecule has 1 heterocycles. The number of nitrogens with one attached hydrogen (secondary N) is 1. The fourth-order valence-corrected chi connectivity index (χ4v) is 4.00. The van der Waals surface area contributed by atoms with Crippen molar-refractivity contribution < 1.29 is 18.7 Å². The first kappa shape index (κ1) is 25.8. The number of rotatable bonds is 9. The molecule has 0 bridgehead atoms. The zero-order chi connectivity index (χ0) is 26.6. The van der Waals surface area contributed by atoms with Crippen molar-refractivity contribution in [1.29, 1.82) is 0 Å². The summed E-state index contributed by atoms with van der Waals surface area (Å²) in [7, 11) is 1.55. The Balaban J connectivity index is 1.82. The van der Waals surface area contributed by atoms with Gasteiger partial charge in [0.15, 0.2) is 0 Å². The topological polar surface area (TPSA) is 89.4 Å². The van der Waals surface area contributed by atoms with Crippen LogP contribution >= 0.6 is 0 Å². The summed E-state index contributed by atoms with van der Waals surface area (Å²) < 4.78 is 21.1. The molecule has 8 nitrogen and oxygen atoms in total. The van der Waals surface area contributed by atoms with Gasteiger partial charge in [0, 0.05) is 11.2 Å². The summed E-state index contributed by atoms with van der Waals surface area (Å²) in [5.41, 5.74) is 1.58. The van der Waals surface area contributed by atoms with Crippen molar-refractivity contribution in [3.8, 4) is 5.75 Å². The van der Waals surface area contributed by atoms with Gasteiger partial charge in [0.05, 0.1) is 12.6 Å². The van der Waals surface area contributed by atoms with Crippen LogP contribution in [-0.2, 0) is 16.1 Å². The average Bonchev–Trinajstić information content (AvgIpc) is 3.29. The highest BCUT2D eigenvalue weighted by atomic mass is 19.1. The highest BCUT2D eigenvalue weighted by molar-refractivity contribution is 6.01. The standard InChI is InChI=1S/C28H30FN5O3/c1-5-28(2,3)30-27(36)26(19-13-15-22(37-4)16-14-19)34(21-10-8-9-20(29)17-21)25(35)18-33-24-12-7-6-11-23(24)31-32-33/h6-17,26H,5,18H2,1-4H3,(H,30,36)/t26-/m1/s1. The first-order valence-corrected chi connectivity index (χ1v) is 12.0. The molecule has 0 aliphatic heterocycles. The molecule has 4 rings (SSSR count). The molecule has 0 aliphatic rings. The Bertz CT molecular complexity index is 1400. The fraction of sp³-hybridized carbons (Fsp3) is 0.286. The minimum atomic E-state index is -1.08. The highest BCUT2D eigenvalue weighted by Gasteiger charge is 2.35. The molecule has 0 unspecified atom stereocenters. The molecular formula is C28H30FN5O3. The van der Waals surface area contributed by atoms with E-state index in [1.165, 1.54) is 27.8 Å². The molecule has 9 heteroatoms. The zero-order valence-electron chi connectivity index (χ0n) is 21.3. The van der Waals surface area contributed by atoms with Gasteiger partial charge in [-0.1, -0.05) is 42.5 Å². The van der Waals surface area contributed by atoms with Crippen molar-refractivity contribution in [2.24, 2.45) is 0 Å². The number of hydrogen-bond acceptors (Lipinski definition) is 5. The first-order valence-electron chi connectivity index (χ1n) is 12.0. The normalized spacial score (nSPS) is 12.2. The van der Waals surface area contributed by atoms with Gasteiger partial charge in [-0.15, -0.1) is 5.10 Å². The number of amides is 2. The number of hydrogen-bond donors (Lipinski definition) is 1. The van der Waals surface area contributed by atoms with E-state index in [2.05, 4.69) is 15.6 Å². The van der Waals surface area contributed by atoms with E-state index in [0.717, 1.165) is 0 Å². The number of carbonyl (C=O) groups is 2. The molecule has 37 heavy (non-hydrogen) atoms. The van der Waals surface area contributed by atoms with E-state index >= 15 is 0 Å². The third kappa shape index (κ3) is 5.77. The van der Waals surface area contributed by atoms with E-state index in [4.69, 9.17) is 4.74 Å². The molecule has 1 aromatic heterocycles. The van der Waals surface area contributed by atoms with Crippen LogP contribution in [0.15, 0.2) is 72.8 Å². The van der Waals surface area contributed by atoms with Gasteiger partial charge in [-0.3, -0.25) is 14.5 Å². The van der Waals surface area contributed by atoms with Crippen LogP contribution in [0.25, 0.3) is 11.0 Å². The van der Waals surface area contributed by atoms with E-state index in [-0.39, 0.29) is 12.2 Å². The van der Waals surface area contributed by atoms with Crippen molar-refractivity contribution >= 4 is 28.5 Å². The molecule has 0 spiro atoms. The van der Waals surface area contributed by atoms with E-state index in [0.29, 0.717) is 28.8 Å². The number of ether oxygens (including phenoxy) is 1. The van der Waals surface area contributed by atoms with E-state index in [1.807, 2.05) is 39.0 Å². The van der Waals surface area contributed by atoms with Crippen LogP contribution in [0.3, 0.4) is 0 Å². The Morgan fingerprint density at radius 1 is 1.08 bits per heavy atom. The van der Waals surface area contributed by atoms with Gasteiger partial charge < -0.3 is 10.1 Å². The van der Waals surface area contributed by atoms with Crippen molar-refractivity contribution in [2.45, 2.75) is 45.3 Å². The van der Waals surface area contributed by atoms with Crippen LogP contribution in [0.1, 0.15) is 38.8 Å². The van der Waals surface area contributed by atoms with E-state index < -0.39 is 29.2 Å². The minimum absolute atomic E-state index is 0.200. The lowest BCUT2D eigenvalue weighted by atomic mass is 9.98. The lowest BCUT2D eigenvalue weighted by Gasteiger charge is -2.34. The number of methoxy groups -OCH3 is 1. The Kier molecular flexibility index (Phi) is 7.52. The maximum atomic E-state index is 14.4. The van der Waals surface area contributed by atoms with Gasteiger partial charge >= 0.3 is 0 Å². The van der Waals surface area contributed by atoms with Gasteiger partial charge in [0.25, 0.3) is 0 Å². The Morgan fingerprint density at radius 2 is 1.81 bits per heavy atom. The molecule has 3 aromatic carbocycles. The summed E-state index contributed by atoms with van der Waals surface area (Å²) in [5, 5.41) is 11.3. The quantitative estimate of drug-likeness (QED) is 0.359. The number of halogens is 1. The second kappa shape index (κ2) is 10.8. The number of nitrogens with zero attached hydrogens (tertiary/aromatic N) is 4. The largest absolute Gasteiger partial charge is 0.497 e. The molecule has 0 saturated carbocycles. The SMILES string of the molecule is CCC(C)(C)NC(=O)[C@@H](c1ccc(OC)cc1)N(C(=O)Cn1nnc2ccccc21)c1cccc(F)c1. The molecule has 0 radical (unpaired) electrons. The zero-order valence-corrected chi connectivity index (χ0v) is 21.3. The van der Waals surface area contributed by atoms with Gasteiger partial charge in [0.2, 0.25) is 11.8 Å². The molecule has 2 amide bonds. The predicted molar refractivity (Wildman–Crippen MR) is 140 cm³/mol. The van der Waals surface area contributed by atoms with Crippen molar-refractivity contribution in [3.63, 3.8) is 0 Å². The molecule has 0 fully saturated rings. The van der Waals surface area contributed by atoms with Gasteiger partial charge in [-0.25, -0.2) is 9.07 Å². The third-order valence-corrected chi connectivity index (χ3v) is 6.34. The molecule has 0 saturated heterocycles. The Labute approximate surface area is 215 Å². The fourth-order valence-electron chi connectivity index (χ4n) is 4.00.